The maximum atomic E-state index is 6.21. The van der Waals surface area contributed by atoms with Crippen LogP contribution in [0.2, 0.25) is 0 Å². The first kappa shape index (κ1) is 14.4. The van der Waals surface area contributed by atoms with Gasteiger partial charge < -0.3 is 10.6 Å². The lowest BCUT2D eigenvalue weighted by Crippen LogP contribution is -2.42. The van der Waals surface area contributed by atoms with Crippen LogP contribution in [0.3, 0.4) is 0 Å². The molecule has 0 saturated carbocycles. The number of likely N-dealkylation sites (tertiary alicyclic amines) is 1. The van der Waals surface area contributed by atoms with Gasteiger partial charge in [0.2, 0.25) is 0 Å². The highest BCUT2D eigenvalue weighted by molar-refractivity contribution is 5.78. The van der Waals surface area contributed by atoms with E-state index in [0.29, 0.717) is 5.92 Å². The summed E-state index contributed by atoms with van der Waals surface area (Å²) in [6.07, 6.45) is 6.21. The lowest BCUT2D eigenvalue weighted by molar-refractivity contribution is 0.277. The Hall–Kier alpha value is -1.51. The van der Waals surface area contributed by atoms with Gasteiger partial charge in [0.1, 0.15) is 0 Å². The van der Waals surface area contributed by atoms with Crippen LogP contribution in [-0.4, -0.2) is 30.5 Å². The Balaban J connectivity index is 1.63. The van der Waals surface area contributed by atoms with E-state index in [0.717, 1.165) is 31.5 Å². The summed E-state index contributed by atoms with van der Waals surface area (Å²) in [5.41, 5.74) is 9.21. The van der Waals surface area contributed by atoms with Crippen LogP contribution in [0.25, 0.3) is 0 Å². The van der Waals surface area contributed by atoms with Crippen LogP contribution in [0.4, 0.5) is 0 Å². The summed E-state index contributed by atoms with van der Waals surface area (Å²) in [7, 11) is 0. The third-order valence-corrected chi connectivity index (χ3v) is 5.07. The highest BCUT2D eigenvalue weighted by Crippen LogP contribution is 2.31. The molecule has 1 aliphatic heterocycles. The normalized spacial score (nSPS) is 24.0. The van der Waals surface area contributed by atoms with Crippen molar-refractivity contribution in [1.29, 1.82) is 0 Å². The van der Waals surface area contributed by atoms with Gasteiger partial charge in [0.15, 0.2) is 5.96 Å². The van der Waals surface area contributed by atoms with Crippen LogP contribution in [-0.2, 0) is 6.42 Å². The summed E-state index contributed by atoms with van der Waals surface area (Å²) < 4.78 is 0. The fourth-order valence-corrected chi connectivity index (χ4v) is 3.59. The maximum Gasteiger partial charge on any atom is 0.191 e. The van der Waals surface area contributed by atoms with Crippen LogP contribution >= 0.6 is 0 Å². The molecule has 2 N–H and O–H groups in total. The molecule has 21 heavy (non-hydrogen) atoms. The van der Waals surface area contributed by atoms with Gasteiger partial charge in [-0.05, 0) is 49.1 Å². The molecule has 1 heterocycles. The average Bonchev–Trinajstić information content (AvgIpc) is 2.53. The molecule has 1 saturated heterocycles. The fraction of sp³-hybridized carbons (Fsp3) is 0.611. The molecule has 0 radical (unpaired) electrons. The van der Waals surface area contributed by atoms with Gasteiger partial charge in [-0.3, -0.25) is 4.99 Å². The number of hydrogen-bond acceptors (Lipinski definition) is 1. The second-order valence-electron chi connectivity index (χ2n) is 6.66. The van der Waals surface area contributed by atoms with Gasteiger partial charge in [-0.2, -0.15) is 0 Å². The second kappa shape index (κ2) is 6.50. The SMILES string of the molecule is CC1CCN(C(N)=NCC2CCCc3ccccc32)CC1. The highest BCUT2D eigenvalue weighted by Gasteiger charge is 2.21. The summed E-state index contributed by atoms with van der Waals surface area (Å²) in [6.45, 7) is 5.30. The van der Waals surface area contributed by atoms with Crippen molar-refractivity contribution >= 4 is 5.96 Å². The molecule has 3 heteroatoms. The molecule has 1 atom stereocenters. The fourth-order valence-electron chi connectivity index (χ4n) is 3.59. The zero-order chi connectivity index (χ0) is 14.7. The standard InChI is InChI=1S/C18H27N3/c1-14-9-11-21(12-10-14)18(19)20-13-16-7-4-6-15-5-2-3-8-17(15)16/h2-3,5,8,14,16H,4,6-7,9-13H2,1H3,(H2,19,20). The Kier molecular flexibility index (Phi) is 4.47. The number of guanidine groups is 1. The third-order valence-electron chi connectivity index (χ3n) is 5.07. The Morgan fingerprint density at radius 1 is 1.24 bits per heavy atom. The van der Waals surface area contributed by atoms with Crippen LogP contribution in [0, 0.1) is 5.92 Å². The summed E-state index contributed by atoms with van der Waals surface area (Å²) in [5, 5.41) is 0. The van der Waals surface area contributed by atoms with Gasteiger partial charge in [0.05, 0.1) is 0 Å². The van der Waals surface area contributed by atoms with E-state index in [1.54, 1.807) is 0 Å². The third kappa shape index (κ3) is 3.39. The molecule has 3 rings (SSSR count). The summed E-state index contributed by atoms with van der Waals surface area (Å²) in [4.78, 5) is 6.97. The molecule has 1 fully saturated rings. The van der Waals surface area contributed by atoms with Gasteiger partial charge in [-0.15, -0.1) is 0 Å². The van der Waals surface area contributed by atoms with Crippen molar-refractivity contribution in [2.45, 2.75) is 44.9 Å². The molecule has 0 aromatic heterocycles. The number of nitrogens with two attached hydrogens (primary N) is 1. The van der Waals surface area contributed by atoms with Crippen LogP contribution in [0.1, 0.15) is 49.7 Å². The van der Waals surface area contributed by atoms with Crippen molar-refractivity contribution in [2.24, 2.45) is 16.6 Å². The Morgan fingerprint density at radius 3 is 2.81 bits per heavy atom. The lowest BCUT2D eigenvalue weighted by atomic mass is 9.83. The molecule has 0 spiro atoms. The number of aryl methyl sites for hydroxylation is 1. The number of hydrogen-bond donors (Lipinski definition) is 1. The Bertz CT molecular complexity index is 501. The van der Waals surface area contributed by atoms with Crippen molar-refractivity contribution in [2.75, 3.05) is 19.6 Å². The number of benzene rings is 1. The molecule has 1 unspecified atom stereocenters. The minimum atomic E-state index is 0.553. The molecule has 0 amide bonds. The monoisotopic (exact) mass is 285 g/mol. The van der Waals surface area contributed by atoms with E-state index in [1.165, 1.54) is 43.2 Å². The molecule has 2 aliphatic rings. The number of rotatable bonds is 2. The molecule has 1 aliphatic carbocycles. The van der Waals surface area contributed by atoms with E-state index in [1.807, 2.05) is 0 Å². The second-order valence-corrected chi connectivity index (χ2v) is 6.66. The van der Waals surface area contributed by atoms with Crippen molar-refractivity contribution < 1.29 is 0 Å². The van der Waals surface area contributed by atoms with Gasteiger partial charge in [-0.25, -0.2) is 0 Å². The first-order chi connectivity index (χ1) is 10.2. The van der Waals surface area contributed by atoms with Gasteiger partial charge in [0.25, 0.3) is 0 Å². The Morgan fingerprint density at radius 2 is 2.00 bits per heavy atom. The molecule has 114 valence electrons. The van der Waals surface area contributed by atoms with E-state index in [4.69, 9.17) is 10.7 Å². The van der Waals surface area contributed by atoms with Crippen LogP contribution < -0.4 is 5.73 Å². The van der Waals surface area contributed by atoms with Crippen LogP contribution in [0.5, 0.6) is 0 Å². The predicted molar refractivity (Wildman–Crippen MR) is 88.6 cm³/mol. The van der Waals surface area contributed by atoms with Crippen LogP contribution in [0.15, 0.2) is 29.3 Å². The Labute approximate surface area is 128 Å². The molecular formula is C18H27N3. The van der Waals surface area contributed by atoms with E-state index >= 15 is 0 Å². The molecule has 0 bridgehead atoms. The summed E-state index contributed by atoms with van der Waals surface area (Å²) >= 11 is 0. The average molecular weight is 285 g/mol. The lowest BCUT2D eigenvalue weighted by Gasteiger charge is -2.31. The summed E-state index contributed by atoms with van der Waals surface area (Å²) in [6, 6.07) is 8.83. The van der Waals surface area contributed by atoms with E-state index in [9.17, 15) is 0 Å². The zero-order valence-electron chi connectivity index (χ0n) is 13.1. The van der Waals surface area contributed by atoms with E-state index in [-0.39, 0.29) is 0 Å². The van der Waals surface area contributed by atoms with Gasteiger partial charge in [-0.1, -0.05) is 31.2 Å². The van der Waals surface area contributed by atoms with Crippen molar-refractivity contribution in [3.63, 3.8) is 0 Å². The first-order valence-electron chi connectivity index (χ1n) is 8.36. The molecular weight excluding hydrogens is 258 g/mol. The van der Waals surface area contributed by atoms with Crippen molar-refractivity contribution in [3.05, 3.63) is 35.4 Å². The van der Waals surface area contributed by atoms with E-state index < -0.39 is 0 Å². The highest BCUT2D eigenvalue weighted by atomic mass is 15.3. The topological polar surface area (TPSA) is 41.6 Å². The number of piperidine rings is 1. The van der Waals surface area contributed by atoms with E-state index in [2.05, 4.69) is 36.1 Å². The maximum absolute atomic E-state index is 6.21. The molecule has 3 nitrogen and oxygen atoms in total. The largest absolute Gasteiger partial charge is 0.370 e. The molecule has 1 aromatic carbocycles. The minimum Gasteiger partial charge on any atom is -0.370 e. The number of nitrogens with zero attached hydrogens (tertiary/aromatic N) is 2. The minimum absolute atomic E-state index is 0.553. The smallest absolute Gasteiger partial charge is 0.191 e. The van der Waals surface area contributed by atoms with Crippen molar-refractivity contribution in [3.8, 4) is 0 Å². The number of fused-ring (bicyclic) bond motifs is 1. The van der Waals surface area contributed by atoms with Gasteiger partial charge >= 0.3 is 0 Å². The molecule has 1 aromatic rings. The summed E-state index contributed by atoms with van der Waals surface area (Å²) in [5.74, 6) is 2.14. The van der Waals surface area contributed by atoms with Gasteiger partial charge in [0, 0.05) is 25.6 Å². The predicted octanol–water partition coefficient (Wildman–Crippen LogP) is 3.15. The number of aliphatic imine (C=N–C) groups is 1. The first-order valence-corrected chi connectivity index (χ1v) is 8.36. The van der Waals surface area contributed by atoms with Crippen molar-refractivity contribution in [1.82, 2.24) is 4.90 Å². The zero-order valence-corrected chi connectivity index (χ0v) is 13.1. The quantitative estimate of drug-likeness (QED) is 0.670.